The second-order valence-electron chi connectivity index (χ2n) is 6.03. The van der Waals surface area contributed by atoms with Crippen LogP contribution in [0.15, 0.2) is 54.6 Å². The van der Waals surface area contributed by atoms with Crippen LogP contribution in [0.4, 0.5) is 0 Å². The Hall–Kier alpha value is -3.14. The molecule has 0 saturated carbocycles. The van der Waals surface area contributed by atoms with Gasteiger partial charge in [0.05, 0.1) is 6.10 Å². The number of likely N-dealkylation sites (tertiary alicyclic amines) is 1. The zero-order valence-electron chi connectivity index (χ0n) is 13.9. The summed E-state index contributed by atoms with van der Waals surface area (Å²) in [6.07, 6.45) is -0.698. The second-order valence-corrected chi connectivity index (χ2v) is 6.03. The maximum absolute atomic E-state index is 12.6. The number of hydrogen-bond donors (Lipinski definition) is 3. The molecule has 26 heavy (non-hydrogen) atoms. The smallest absolute Gasteiger partial charge is 0.266 e. The molecule has 0 spiro atoms. The van der Waals surface area contributed by atoms with Crippen molar-refractivity contribution in [2.45, 2.75) is 18.6 Å². The summed E-state index contributed by atoms with van der Waals surface area (Å²) >= 11 is 0. The topological polar surface area (TPSA) is 89.9 Å². The monoisotopic (exact) mass is 350 g/mol. The van der Waals surface area contributed by atoms with E-state index in [-0.39, 0.29) is 18.9 Å². The van der Waals surface area contributed by atoms with Gasteiger partial charge in [-0.15, -0.1) is 0 Å². The molecule has 6 nitrogen and oxygen atoms in total. The summed E-state index contributed by atoms with van der Waals surface area (Å²) in [6.45, 7) is 0.0481. The average molecular weight is 350 g/mol. The number of hydrogen-bond acceptors (Lipinski definition) is 4. The van der Waals surface area contributed by atoms with E-state index in [4.69, 9.17) is 5.21 Å². The number of aliphatic hydroxyl groups is 1. The maximum atomic E-state index is 12.6. The quantitative estimate of drug-likeness (QED) is 0.431. The number of hydroxylamine groups is 1. The van der Waals surface area contributed by atoms with Crippen molar-refractivity contribution in [2.75, 3.05) is 6.54 Å². The molecule has 0 bridgehead atoms. The van der Waals surface area contributed by atoms with Crippen LogP contribution in [-0.4, -0.2) is 45.7 Å². The third-order valence-electron chi connectivity index (χ3n) is 4.21. The van der Waals surface area contributed by atoms with Crippen molar-refractivity contribution in [1.82, 2.24) is 10.4 Å². The van der Waals surface area contributed by atoms with E-state index in [1.807, 2.05) is 30.3 Å². The van der Waals surface area contributed by atoms with Crippen molar-refractivity contribution in [2.24, 2.45) is 0 Å². The number of nitrogens with zero attached hydrogens (tertiary/aromatic N) is 1. The van der Waals surface area contributed by atoms with E-state index >= 15 is 0 Å². The van der Waals surface area contributed by atoms with Crippen molar-refractivity contribution < 1.29 is 19.9 Å². The molecule has 0 radical (unpaired) electrons. The molecule has 1 aliphatic heterocycles. The van der Waals surface area contributed by atoms with Crippen LogP contribution >= 0.6 is 0 Å². The molecule has 132 valence electrons. The van der Waals surface area contributed by atoms with Crippen LogP contribution in [0.5, 0.6) is 0 Å². The van der Waals surface area contributed by atoms with Crippen LogP contribution < -0.4 is 5.48 Å². The van der Waals surface area contributed by atoms with Gasteiger partial charge in [0, 0.05) is 29.7 Å². The predicted octanol–water partition coefficient (Wildman–Crippen LogP) is 1.17. The minimum absolute atomic E-state index is 0.0481. The van der Waals surface area contributed by atoms with Crippen LogP contribution in [0.2, 0.25) is 0 Å². The lowest BCUT2D eigenvalue weighted by Crippen LogP contribution is -2.45. The number of amides is 2. The molecule has 3 rings (SSSR count). The second kappa shape index (κ2) is 7.83. The molecule has 1 saturated heterocycles. The van der Waals surface area contributed by atoms with Gasteiger partial charge in [0.15, 0.2) is 0 Å². The lowest BCUT2D eigenvalue weighted by atomic mass is 10.1. The first kappa shape index (κ1) is 17.7. The van der Waals surface area contributed by atoms with Crippen LogP contribution in [0, 0.1) is 11.8 Å². The highest BCUT2D eigenvalue weighted by molar-refractivity contribution is 5.98. The van der Waals surface area contributed by atoms with E-state index in [0.717, 1.165) is 11.1 Å². The van der Waals surface area contributed by atoms with Crippen molar-refractivity contribution in [3.8, 4) is 11.8 Å². The molecule has 2 amide bonds. The molecule has 3 N–H and O–H groups in total. The zero-order valence-corrected chi connectivity index (χ0v) is 13.9. The number of β-amino-alcohol motifs (C(OH)–C–C–N with tert-alkyl or cyclic N) is 1. The molecule has 1 heterocycles. The molecule has 2 atom stereocenters. The Morgan fingerprint density at radius 3 is 2.23 bits per heavy atom. The maximum Gasteiger partial charge on any atom is 0.266 e. The molecular weight excluding hydrogens is 332 g/mol. The summed E-state index contributed by atoms with van der Waals surface area (Å²) in [5, 5.41) is 18.6. The van der Waals surface area contributed by atoms with Gasteiger partial charge in [0.25, 0.3) is 11.8 Å². The molecular formula is C20H18N2O4. The van der Waals surface area contributed by atoms with E-state index in [2.05, 4.69) is 11.8 Å². The fourth-order valence-corrected chi connectivity index (χ4v) is 2.89. The normalized spacial score (nSPS) is 18.8. The van der Waals surface area contributed by atoms with E-state index in [1.54, 1.807) is 29.7 Å². The van der Waals surface area contributed by atoms with E-state index in [1.165, 1.54) is 4.90 Å². The van der Waals surface area contributed by atoms with Gasteiger partial charge in [-0.2, -0.15) is 0 Å². The zero-order chi connectivity index (χ0) is 18.5. The first-order valence-electron chi connectivity index (χ1n) is 8.18. The number of benzene rings is 2. The minimum Gasteiger partial charge on any atom is -0.391 e. The van der Waals surface area contributed by atoms with Gasteiger partial charge in [-0.1, -0.05) is 30.0 Å². The largest absolute Gasteiger partial charge is 0.391 e. The summed E-state index contributed by atoms with van der Waals surface area (Å²) in [4.78, 5) is 25.6. The lowest BCUT2D eigenvalue weighted by Gasteiger charge is -2.22. The summed E-state index contributed by atoms with van der Waals surface area (Å²) < 4.78 is 0. The van der Waals surface area contributed by atoms with Crippen molar-refractivity contribution in [3.63, 3.8) is 0 Å². The van der Waals surface area contributed by atoms with E-state index in [9.17, 15) is 14.7 Å². The Balaban J connectivity index is 1.75. The van der Waals surface area contributed by atoms with Gasteiger partial charge in [-0.05, 0) is 36.4 Å². The van der Waals surface area contributed by atoms with Crippen LogP contribution in [0.3, 0.4) is 0 Å². The van der Waals surface area contributed by atoms with E-state index < -0.39 is 18.1 Å². The SMILES string of the molecule is O=C(NO)[C@@H]1C[C@@H](O)CN1C(=O)c1ccc(C#Cc2ccccc2)cc1. The van der Waals surface area contributed by atoms with Gasteiger partial charge in [0.2, 0.25) is 0 Å². The summed E-state index contributed by atoms with van der Waals surface area (Å²) in [5.74, 6) is 4.98. The highest BCUT2D eigenvalue weighted by Gasteiger charge is 2.39. The van der Waals surface area contributed by atoms with Gasteiger partial charge in [0.1, 0.15) is 6.04 Å². The van der Waals surface area contributed by atoms with Crippen molar-refractivity contribution in [3.05, 3.63) is 71.3 Å². The molecule has 6 heteroatoms. The Kier molecular flexibility index (Phi) is 5.32. The molecule has 0 aromatic heterocycles. The van der Waals surface area contributed by atoms with Crippen LogP contribution in [-0.2, 0) is 4.79 Å². The molecule has 1 fully saturated rings. The Bertz CT molecular complexity index is 853. The van der Waals surface area contributed by atoms with Gasteiger partial charge in [-0.25, -0.2) is 5.48 Å². The van der Waals surface area contributed by atoms with Crippen molar-refractivity contribution in [1.29, 1.82) is 0 Å². The van der Waals surface area contributed by atoms with Crippen LogP contribution in [0.1, 0.15) is 27.9 Å². The Labute approximate surface area is 151 Å². The molecule has 0 unspecified atom stereocenters. The Morgan fingerprint density at radius 1 is 1.00 bits per heavy atom. The third kappa shape index (κ3) is 3.91. The summed E-state index contributed by atoms with van der Waals surface area (Å²) in [5.41, 5.74) is 3.59. The van der Waals surface area contributed by atoms with Crippen molar-refractivity contribution >= 4 is 11.8 Å². The number of aliphatic hydroxyl groups excluding tert-OH is 1. The van der Waals surface area contributed by atoms with Crippen LogP contribution in [0.25, 0.3) is 0 Å². The number of rotatable bonds is 2. The fraction of sp³-hybridized carbons (Fsp3) is 0.200. The van der Waals surface area contributed by atoms with E-state index in [0.29, 0.717) is 5.56 Å². The number of carbonyl (C=O) groups excluding carboxylic acids is 2. The summed E-state index contributed by atoms with van der Waals surface area (Å²) in [7, 11) is 0. The molecule has 2 aromatic rings. The fourth-order valence-electron chi connectivity index (χ4n) is 2.89. The van der Waals surface area contributed by atoms with Gasteiger partial charge >= 0.3 is 0 Å². The van der Waals surface area contributed by atoms with Gasteiger partial charge < -0.3 is 10.0 Å². The number of carbonyl (C=O) groups is 2. The predicted molar refractivity (Wildman–Crippen MR) is 94.2 cm³/mol. The first-order chi connectivity index (χ1) is 12.6. The number of nitrogens with one attached hydrogen (secondary N) is 1. The summed E-state index contributed by atoms with van der Waals surface area (Å²) in [6, 6.07) is 15.4. The molecule has 1 aliphatic rings. The molecule has 2 aromatic carbocycles. The molecule has 0 aliphatic carbocycles. The highest BCUT2D eigenvalue weighted by Crippen LogP contribution is 2.21. The highest BCUT2D eigenvalue weighted by atomic mass is 16.5. The lowest BCUT2D eigenvalue weighted by molar-refractivity contribution is -0.133. The standard InChI is InChI=1S/C20H18N2O4/c23-17-12-18(19(24)21-26)22(13-17)20(25)16-10-8-15(9-11-16)7-6-14-4-2-1-3-5-14/h1-5,8-11,17-18,23,26H,12-13H2,(H,21,24)/t17-,18+/m1/s1. The Morgan fingerprint density at radius 2 is 1.62 bits per heavy atom. The average Bonchev–Trinajstić information content (AvgIpc) is 3.08. The minimum atomic E-state index is -0.889. The third-order valence-corrected chi connectivity index (χ3v) is 4.21. The first-order valence-corrected chi connectivity index (χ1v) is 8.18. The van der Waals surface area contributed by atoms with Gasteiger partial charge in [-0.3, -0.25) is 14.8 Å².